The molecule has 1 aromatic rings. The van der Waals surface area contributed by atoms with E-state index in [1.165, 1.54) is 19.2 Å². The monoisotopic (exact) mass is 163 g/mol. The van der Waals surface area contributed by atoms with Gasteiger partial charge >= 0.3 is 0 Å². The minimum absolute atomic E-state index is 0.0210. The third-order valence-electron chi connectivity index (χ3n) is 1.36. The summed E-state index contributed by atoms with van der Waals surface area (Å²) in [6.45, 7) is 1.43. The van der Waals surface area contributed by atoms with Crippen molar-refractivity contribution in [3.63, 3.8) is 0 Å². The molecule has 0 fully saturated rings. The van der Waals surface area contributed by atoms with Gasteiger partial charge in [0.2, 0.25) is 5.78 Å². The largest absolute Gasteiger partial charge is 0.397 e. The minimum Gasteiger partial charge on any atom is -0.397 e. The van der Waals surface area contributed by atoms with E-state index < -0.39 is 0 Å². The molecule has 1 heterocycles. The van der Waals surface area contributed by atoms with Crippen molar-refractivity contribution in [2.75, 3.05) is 5.73 Å². The van der Waals surface area contributed by atoms with Crippen LogP contribution >= 0.6 is 0 Å². The van der Waals surface area contributed by atoms with Crippen LogP contribution in [0.15, 0.2) is 18.3 Å². The standard InChI is InChI=1S/C8H9N3O/c1-5(9)8(12)7-3-2-6(10)4-11-7/h2-4,9H,10H2,1H3. The minimum atomic E-state index is -0.366. The number of hydrogen-bond acceptors (Lipinski definition) is 4. The second-order valence-corrected chi connectivity index (χ2v) is 2.43. The zero-order chi connectivity index (χ0) is 9.14. The van der Waals surface area contributed by atoms with Gasteiger partial charge in [0.05, 0.1) is 17.6 Å². The Bertz CT molecular complexity index is 316. The van der Waals surface area contributed by atoms with Crippen LogP contribution in [0, 0.1) is 5.41 Å². The van der Waals surface area contributed by atoms with E-state index in [9.17, 15) is 4.79 Å². The van der Waals surface area contributed by atoms with Crippen molar-refractivity contribution in [2.24, 2.45) is 0 Å². The van der Waals surface area contributed by atoms with Crippen LogP contribution < -0.4 is 5.73 Å². The summed E-state index contributed by atoms with van der Waals surface area (Å²) in [5.41, 5.74) is 6.12. The number of anilines is 1. The lowest BCUT2D eigenvalue weighted by Crippen LogP contribution is -2.10. The van der Waals surface area contributed by atoms with Crippen molar-refractivity contribution in [1.29, 1.82) is 5.41 Å². The number of carbonyl (C=O) groups excluding carboxylic acids is 1. The second-order valence-electron chi connectivity index (χ2n) is 2.43. The van der Waals surface area contributed by atoms with Crippen LogP contribution in [0.1, 0.15) is 17.4 Å². The average molecular weight is 163 g/mol. The van der Waals surface area contributed by atoms with Crippen molar-refractivity contribution in [2.45, 2.75) is 6.92 Å². The van der Waals surface area contributed by atoms with Gasteiger partial charge in [-0.2, -0.15) is 0 Å². The Morgan fingerprint density at radius 2 is 2.25 bits per heavy atom. The van der Waals surface area contributed by atoms with Gasteiger partial charge in [0.15, 0.2) is 0 Å². The lowest BCUT2D eigenvalue weighted by molar-refractivity contribution is 0.106. The first-order valence-corrected chi connectivity index (χ1v) is 3.42. The Morgan fingerprint density at radius 1 is 1.58 bits per heavy atom. The Balaban J connectivity index is 2.98. The van der Waals surface area contributed by atoms with E-state index in [0.717, 1.165) is 0 Å². The highest BCUT2D eigenvalue weighted by atomic mass is 16.1. The quantitative estimate of drug-likeness (QED) is 0.501. The van der Waals surface area contributed by atoms with Crippen molar-refractivity contribution >= 4 is 17.2 Å². The number of nitrogens with one attached hydrogen (secondary N) is 1. The maximum absolute atomic E-state index is 11.1. The number of rotatable bonds is 2. The predicted octanol–water partition coefficient (Wildman–Crippen LogP) is 0.886. The predicted molar refractivity (Wildman–Crippen MR) is 46.4 cm³/mol. The Hall–Kier alpha value is -1.71. The molecule has 0 atom stereocenters. The molecule has 1 rings (SSSR count). The maximum Gasteiger partial charge on any atom is 0.224 e. The van der Waals surface area contributed by atoms with E-state index in [1.54, 1.807) is 6.07 Å². The zero-order valence-corrected chi connectivity index (χ0v) is 6.66. The maximum atomic E-state index is 11.1. The lowest BCUT2D eigenvalue weighted by Gasteiger charge is -1.96. The highest BCUT2D eigenvalue weighted by Crippen LogP contribution is 2.02. The van der Waals surface area contributed by atoms with Crippen LogP contribution in [-0.2, 0) is 0 Å². The molecule has 3 N–H and O–H groups in total. The first-order valence-electron chi connectivity index (χ1n) is 3.42. The van der Waals surface area contributed by atoms with E-state index in [1.807, 2.05) is 0 Å². The molecule has 0 aliphatic carbocycles. The molecule has 0 unspecified atom stereocenters. The molecule has 0 saturated carbocycles. The van der Waals surface area contributed by atoms with Crippen molar-refractivity contribution in [1.82, 2.24) is 4.98 Å². The summed E-state index contributed by atoms with van der Waals surface area (Å²) >= 11 is 0. The molecule has 0 aliphatic heterocycles. The van der Waals surface area contributed by atoms with Crippen LogP contribution in [0.2, 0.25) is 0 Å². The van der Waals surface area contributed by atoms with Gasteiger partial charge in [-0.1, -0.05) is 0 Å². The molecule has 0 amide bonds. The Kier molecular flexibility index (Phi) is 2.19. The van der Waals surface area contributed by atoms with E-state index in [4.69, 9.17) is 11.1 Å². The molecule has 1 aromatic heterocycles. The Labute approximate surface area is 69.9 Å². The van der Waals surface area contributed by atoms with Crippen LogP contribution in [0.4, 0.5) is 5.69 Å². The molecule has 4 heteroatoms. The molecular weight excluding hydrogens is 154 g/mol. The molecule has 0 aliphatic rings. The highest BCUT2D eigenvalue weighted by molar-refractivity contribution is 6.43. The normalized spacial score (nSPS) is 9.42. The molecule has 12 heavy (non-hydrogen) atoms. The van der Waals surface area contributed by atoms with Gasteiger partial charge in [-0.25, -0.2) is 0 Å². The fourth-order valence-corrected chi connectivity index (χ4v) is 0.732. The molecule has 62 valence electrons. The van der Waals surface area contributed by atoms with Gasteiger partial charge < -0.3 is 11.1 Å². The second kappa shape index (κ2) is 3.13. The highest BCUT2D eigenvalue weighted by Gasteiger charge is 2.08. The van der Waals surface area contributed by atoms with Crippen molar-refractivity contribution < 1.29 is 4.79 Å². The zero-order valence-electron chi connectivity index (χ0n) is 6.66. The summed E-state index contributed by atoms with van der Waals surface area (Å²) in [5.74, 6) is -0.366. The number of carbonyl (C=O) groups is 1. The number of nitrogens with two attached hydrogens (primary N) is 1. The number of ketones is 1. The lowest BCUT2D eigenvalue weighted by atomic mass is 10.2. The molecule has 0 radical (unpaired) electrons. The summed E-state index contributed by atoms with van der Waals surface area (Å²) in [4.78, 5) is 14.9. The van der Waals surface area contributed by atoms with E-state index >= 15 is 0 Å². The van der Waals surface area contributed by atoms with Gasteiger partial charge in [-0.3, -0.25) is 9.78 Å². The first kappa shape index (κ1) is 8.39. The molecule has 0 spiro atoms. The van der Waals surface area contributed by atoms with Crippen LogP contribution in [-0.4, -0.2) is 16.5 Å². The summed E-state index contributed by atoms with van der Waals surface area (Å²) in [6, 6.07) is 3.10. The van der Waals surface area contributed by atoms with Gasteiger partial charge in [-0.15, -0.1) is 0 Å². The molecule has 0 aromatic carbocycles. The number of pyridine rings is 1. The van der Waals surface area contributed by atoms with Crippen molar-refractivity contribution in [3.8, 4) is 0 Å². The van der Waals surface area contributed by atoms with E-state index in [-0.39, 0.29) is 17.2 Å². The number of nitrogens with zero attached hydrogens (tertiary/aromatic N) is 1. The molecule has 4 nitrogen and oxygen atoms in total. The fraction of sp³-hybridized carbons (Fsp3) is 0.125. The van der Waals surface area contributed by atoms with Gasteiger partial charge in [0, 0.05) is 0 Å². The number of Topliss-reactive ketones (excluding diaryl/α,β-unsaturated/α-hetero) is 1. The molecule has 0 bridgehead atoms. The summed E-state index contributed by atoms with van der Waals surface area (Å²) in [5, 5.41) is 7.07. The number of aromatic nitrogens is 1. The summed E-state index contributed by atoms with van der Waals surface area (Å²) in [6.07, 6.45) is 1.40. The van der Waals surface area contributed by atoms with Crippen LogP contribution in [0.25, 0.3) is 0 Å². The van der Waals surface area contributed by atoms with Crippen LogP contribution in [0.3, 0.4) is 0 Å². The number of nitrogen functional groups attached to an aromatic ring is 1. The Morgan fingerprint density at radius 3 is 2.67 bits per heavy atom. The van der Waals surface area contributed by atoms with E-state index in [2.05, 4.69) is 4.98 Å². The molecule has 0 saturated heterocycles. The topological polar surface area (TPSA) is 79.8 Å². The first-order chi connectivity index (χ1) is 5.61. The third kappa shape index (κ3) is 1.66. The fourth-order valence-electron chi connectivity index (χ4n) is 0.732. The smallest absolute Gasteiger partial charge is 0.224 e. The van der Waals surface area contributed by atoms with Gasteiger partial charge in [-0.05, 0) is 19.1 Å². The summed E-state index contributed by atoms with van der Waals surface area (Å²) in [7, 11) is 0. The molecular formula is C8H9N3O. The van der Waals surface area contributed by atoms with Gasteiger partial charge in [0.1, 0.15) is 5.69 Å². The van der Waals surface area contributed by atoms with Gasteiger partial charge in [0.25, 0.3) is 0 Å². The number of hydrogen-bond donors (Lipinski definition) is 2. The SMILES string of the molecule is CC(=N)C(=O)c1ccc(N)cn1. The third-order valence-corrected chi connectivity index (χ3v) is 1.36. The summed E-state index contributed by atoms with van der Waals surface area (Å²) < 4.78 is 0. The average Bonchev–Trinajstić information content (AvgIpc) is 2.04. The van der Waals surface area contributed by atoms with Crippen molar-refractivity contribution in [3.05, 3.63) is 24.0 Å². The van der Waals surface area contributed by atoms with E-state index in [0.29, 0.717) is 5.69 Å². The van der Waals surface area contributed by atoms with Crippen LogP contribution in [0.5, 0.6) is 0 Å².